The Morgan fingerprint density at radius 3 is 2.54 bits per heavy atom. The monoisotopic (exact) mass is 404 g/mol. The Morgan fingerprint density at radius 1 is 1.21 bits per heavy atom. The molecule has 3 heterocycles. The van der Waals surface area contributed by atoms with Crippen molar-refractivity contribution >= 4 is 34.1 Å². The molecule has 0 unspecified atom stereocenters. The molecule has 1 saturated carbocycles. The van der Waals surface area contributed by atoms with Crippen LogP contribution in [-0.2, 0) is 32.1 Å². The number of ether oxygens (including phenoxy) is 1. The van der Waals surface area contributed by atoms with Crippen molar-refractivity contribution in [2.75, 3.05) is 6.54 Å². The van der Waals surface area contributed by atoms with Crippen LogP contribution in [0.25, 0.3) is 4.96 Å². The van der Waals surface area contributed by atoms with Gasteiger partial charge < -0.3 is 4.74 Å². The molecule has 0 aromatic carbocycles. The molecule has 148 valence electrons. The van der Waals surface area contributed by atoms with E-state index in [4.69, 9.17) is 4.74 Å². The Hall–Kier alpha value is -2.62. The molecule has 2 atom stereocenters. The van der Waals surface area contributed by atoms with E-state index in [-0.39, 0.29) is 35.8 Å². The first-order chi connectivity index (χ1) is 13.5. The average molecular weight is 404 g/mol. The zero-order valence-corrected chi connectivity index (χ0v) is 16.2. The largest absolute Gasteiger partial charge is 0.458 e. The summed E-state index contributed by atoms with van der Waals surface area (Å²) in [7, 11) is 0. The highest BCUT2D eigenvalue weighted by atomic mass is 32.1. The van der Waals surface area contributed by atoms with E-state index in [1.165, 1.54) is 21.9 Å². The summed E-state index contributed by atoms with van der Waals surface area (Å²) in [4.78, 5) is 54.9. The number of aromatic nitrogens is 3. The molecule has 9 nitrogen and oxygen atoms in total. The molecule has 2 amide bonds. The van der Waals surface area contributed by atoms with Gasteiger partial charge in [0.05, 0.1) is 17.5 Å². The fourth-order valence-corrected chi connectivity index (χ4v) is 4.69. The van der Waals surface area contributed by atoms with Crippen molar-refractivity contribution < 1.29 is 19.1 Å². The van der Waals surface area contributed by atoms with Crippen molar-refractivity contribution in [1.82, 2.24) is 19.5 Å². The first-order valence-electron chi connectivity index (χ1n) is 9.37. The quantitative estimate of drug-likeness (QED) is 0.538. The Balaban J connectivity index is 1.41. The summed E-state index contributed by atoms with van der Waals surface area (Å²) < 4.78 is 6.39. The molecular weight excluding hydrogens is 384 g/mol. The number of amides is 2. The van der Waals surface area contributed by atoms with Gasteiger partial charge in [0.1, 0.15) is 18.2 Å². The van der Waals surface area contributed by atoms with Crippen molar-refractivity contribution in [3.8, 4) is 0 Å². The van der Waals surface area contributed by atoms with Gasteiger partial charge in [0.25, 0.3) is 5.56 Å². The van der Waals surface area contributed by atoms with Crippen LogP contribution in [0.3, 0.4) is 0 Å². The van der Waals surface area contributed by atoms with Crippen LogP contribution in [0.5, 0.6) is 0 Å². The Labute approximate surface area is 164 Å². The maximum atomic E-state index is 12.4. The number of nitrogens with zero attached hydrogens (tertiary/aromatic N) is 4. The summed E-state index contributed by atoms with van der Waals surface area (Å²) >= 11 is 1.30. The summed E-state index contributed by atoms with van der Waals surface area (Å²) in [5, 5.41) is 4.94. The molecule has 10 heteroatoms. The van der Waals surface area contributed by atoms with Crippen molar-refractivity contribution in [1.29, 1.82) is 0 Å². The fraction of sp³-hybridized carbons (Fsp3) is 0.556. The number of carbonyl (C=O) groups excluding carboxylic acids is 3. The number of fused-ring (bicyclic) bond motifs is 2. The zero-order chi connectivity index (χ0) is 19.8. The van der Waals surface area contributed by atoms with Crippen molar-refractivity contribution in [3.63, 3.8) is 0 Å². The fourth-order valence-electron chi connectivity index (χ4n) is 3.83. The second-order valence-corrected chi connectivity index (χ2v) is 8.09. The van der Waals surface area contributed by atoms with Crippen LogP contribution < -0.4 is 5.56 Å². The lowest BCUT2D eigenvalue weighted by atomic mass is 9.81. The summed E-state index contributed by atoms with van der Waals surface area (Å²) in [6.45, 7) is 1.34. The molecule has 2 aliphatic rings. The molecule has 1 aliphatic heterocycles. The molecule has 28 heavy (non-hydrogen) atoms. The predicted molar refractivity (Wildman–Crippen MR) is 98.5 cm³/mol. The number of hydrogen-bond donors (Lipinski definition) is 0. The normalized spacial score (nSPS) is 22.0. The van der Waals surface area contributed by atoms with Crippen molar-refractivity contribution in [3.05, 3.63) is 27.1 Å². The smallest absolute Gasteiger partial charge is 0.326 e. The van der Waals surface area contributed by atoms with Crippen LogP contribution in [0.1, 0.15) is 43.3 Å². The SMILES string of the molecule is CCc1nn2c(=O)cc(COC(=O)CN3C(=O)[C@H]4CCCC[C@H]4C3=O)nc2s1. The first kappa shape index (κ1) is 18.7. The van der Waals surface area contributed by atoms with E-state index in [1.807, 2.05) is 6.92 Å². The Morgan fingerprint density at radius 2 is 1.89 bits per heavy atom. The van der Waals surface area contributed by atoms with Crippen LogP contribution in [0.4, 0.5) is 0 Å². The van der Waals surface area contributed by atoms with Gasteiger partial charge in [-0.2, -0.15) is 9.61 Å². The van der Waals surface area contributed by atoms with Crippen LogP contribution >= 0.6 is 11.3 Å². The summed E-state index contributed by atoms with van der Waals surface area (Å²) in [6.07, 6.45) is 3.95. The van der Waals surface area contributed by atoms with E-state index in [9.17, 15) is 19.2 Å². The average Bonchev–Trinajstić information content (AvgIpc) is 3.22. The highest BCUT2D eigenvalue weighted by Crippen LogP contribution is 2.37. The number of rotatable bonds is 5. The van der Waals surface area contributed by atoms with Crippen LogP contribution in [0.2, 0.25) is 0 Å². The molecule has 4 rings (SSSR count). The van der Waals surface area contributed by atoms with Crippen molar-refractivity contribution in [2.24, 2.45) is 11.8 Å². The van der Waals surface area contributed by atoms with Crippen LogP contribution in [-0.4, -0.2) is 43.8 Å². The van der Waals surface area contributed by atoms with E-state index in [0.29, 0.717) is 29.9 Å². The lowest BCUT2D eigenvalue weighted by Crippen LogP contribution is -2.36. The predicted octanol–water partition coefficient (Wildman–Crippen LogP) is 0.932. The van der Waals surface area contributed by atoms with Crippen molar-refractivity contribution in [2.45, 2.75) is 45.6 Å². The third-order valence-corrected chi connectivity index (χ3v) is 6.30. The number of imide groups is 1. The number of esters is 1. The van der Waals surface area contributed by atoms with Gasteiger partial charge in [-0.05, 0) is 19.3 Å². The molecule has 1 aliphatic carbocycles. The van der Waals surface area contributed by atoms with E-state index in [1.54, 1.807) is 0 Å². The van der Waals surface area contributed by atoms with E-state index in [0.717, 1.165) is 22.7 Å². The molecule has 2 fully saturated rings. The van der Waals surface area contributed by atoms with Gasteiger partial charge >= 0.3 is 5.97 Å². The number of aryl methyl sites for hydroxylation is 1. The van der Waals surface area contributed by atoms with Gasteiger partial charge in [0, 0.05) is 6.07 Å². The molecule has 0 radical (unpaired) electrons. The van der Waals surface area contributed by atoms with Gasteiger partial charge in [-0.15, -0.1) is 0 Å². The molecular formula is C18H20N4O5S. The summed E-state index contributed by atoms with van der Waals surface area (Å²) in [5.41, 5.74) is -0.0432. The van der Waals surface area contributed by atoms with E-state index < -0.39 is 12.5 Å². The van der Waals surface area contributed by atoms with E-state index in [2.05, 4.69) is 10.1 Å². The molecule has 1 saturated heterocycles. The highest BCUT2D eigenvalue weighted by Gasteiger charge is 2.48. The van der Waals surface area contributed by atoms with Gasteiger partial charge in [0.15, 0.2) is 0 Å². The maximum absolute atomic E-state index is 12.4. The number of carbonyl (C=O) groups is 3. The second kappa shape index (κ2) is 7.42. The highest BCUT2D eigenvalue weighted by molar-refractivity contribution is 7.16. The summed E-state index contributed by atoms with van der Waals surface area (Å²) in [6, 6.07) is 1.26. The van der Waals surface area contributed by atoms with Gasteiger partial charge in [0.2, 0.25) is 16.8 Å². The van der Waals surface area contributed by atoms with E-state index >= 15 is 0 Å². The Bertz CT molecular complexity index is 989. The molecule has 2 aromatic heterocycles. The zero-order valence-electron chi connectivity index (χ0n) is 15.4. The third-order valence-electron chi connectivity index (χ3n) is 5.24. The van der Waals surface area contributed by atoms with Gasteiger partial charge in [-0.3, -0.25) is 24.1 Å². The first-order valence-corrected chi connectivity index (χ1v) is 10.2. The second-order valence-electron chi connectivity index (χ2n) is 7.05. The molecule has 0 spiro atoms. The topological polar surface area (TPSA) is 111 Å². The van der Waals surface area contributed by atoms with Gasteiger partial charge in [-0.25, -0.2) is 4.98 Å². The summed E-state index contributed by atoms with van der Waals surface area (Å²) in [5.74, 6) is -1.84. The number of likely N-dealkylation sites (tertiary alicyclic amines) is 1. The standard InChI is InChI=1S/C18H20N4O5S/c1-2-13-20-22-14(23)7-10(19-18(22)28-13)9-27-15(24)8-21-16(25)11-5-3-4-6-12(11)17(21)26/h7,11-12H,2-6,8-9H2,1H3/t11-,12+. The third kappa shape index (κ3) is 3.32. The molecule has 0 N–H and O–H groups in total. The Kier molecular flexibility index (Phi) is 4.96. The molecule has 0 bridgehead atoms. The number of hydrogen-bond acceptors (Lipinski definition) is 8. The lowest BCUT2D eigenvalue weighted by Gasteiger charge is -2.19. The minimum absolute atomic E-state index is 0.201. The minimum atomic E-state index is -0.694. The van der Waals surface area contributed by atoms with Gasteiger partial charge in [-0.1, -0.05) is 31.1 Å². The minimum Gasteiger partial charge on any atom is -0.458 e. The maximum Gasteiger partial charge on any atom is 0.326 e. The van der Waals surface area contributed by atoms with Crippen LogP contribution in [0, 0.1) is 11.8 Å². The molecule has 2 aromatic rings. The van der Waals surface area contributed by atoms with Crippen LogP contribution in [0.15, 0.2) is 10.9 Å². The lowest BCUT2D eigenvalue weighted by molar-refractivity contribution is -0.153.